The first kappa shape index (κ1) is 24.0. The van der Waals surface area contributed by atoms with E-state index in [0.717, 1.165) is 11.8 Å². The van der Waals surface area contributed by atoms with E-state index in [4.69, 9.17) is 0 Å². The number of carbonyl (C=O) groups excluding carboxylic acids is 1. The van der Waals surface area contributed by atoms with Gasteiger partial charge < -0.3 is 10.6 Å². The highest BCUT2D eigenvalue weighted by molar-refractivity contribution is 7.92. The van der Waals surface area contributed by atoms with Crippen molar-refractivity contribution in [2.45, 2.75) is 17.9 Å². The van der Waals surface area contributed by atoms with Crippen LogP contribution in [0.1, 0.15) is 28.9 Å². The van der Waals surface area contributed by atoms with Crippen molar-refractivity contribution in [1.82, 2.24) is 0 Å². The molecule has 0 spiro atoms. The fourth-order valence-corrected chi connectivity index (χ4v) is 4.53. The molecule has 1 atom stereocenters. The van der Waals surface area contributed by atoms with E-state index in [9.17, 15) is 17.6 Å². The number of para-hydroxylation sites is 1. The maximum Gasteiger partial charge on any atom is 0.261 e. The summed E-state index contributed by atoms with van der Waals surface area (Å²) in [6.45, 7) is 2.07. The zero-order valence-electron chi connectivity index (χ0n) is 18.9. The molecule has 1 unspecified atom stereocenters. The molecule has 4 aromatic carbocycles. The zero-order valence-corrected chi connectivity index (χ0v) is 19.7. The van der Waals surface area contributed by atoms with Gasteiger partial charge in [0.15, 0.2) is 0 Å². The molecule has 4 rings (SSSR count). The van der Waals surface area contributed by atoms with Crippen LogP contribution in [0.25, 0.3) is 0 Å². The Bertz CT molecular complexity index is 1410. The number of benzene rings is 4. The molecule has 0 bridgehead atoms. The number of anilines is 3. The first-order valence-electron chi connectivity index (χ1n) is 10.9. The predicted octanol–water partition coefficient (Wildman–Crippen LogP) is 6.05. The summed E-state index contributed by atoms with van der Waals surface area (Å²) in [6, 6.07) is 28.4. The van der Waals surface area contributed by atoms with Crippen LogP contribution in [0.3, 0.4) is 0 Å². The summed E-state index contributed by atoms with van der Waals surface area (Å²) in [7, 11) is -4.00. The lowest BCUT2D eigenvalue weighted by molar-refractivity contribution is 0.102. The van der Waals surface area contributed by atoms with Crippen LogP contribution in [-0.4, -0.2) is 14.3 Å². The van der Waals surface area contributed by atoms with E-state index in [1.807, 2.05) is 30.3 Å². The smallest absolute Gasteiger partial charge is 0.261 e. The SMILES string of the molecule is CC(Nc1ccc(NC(=O)c2ccc(S(=O)(=O)Nc3ccccc3F)cc2)cc1)c1ccccc1. The van der Waals surface area contributed by atoms with Gasteiger partial charge in [0.1, 0.15) is 5.82 Å². The first-order chi connectivity index (χ1) is 16.8. The topological polar surface area (TPSA) is 87.3 Å². The van der Waals surface area contributed by atoms with Crippen LogP contribution < -0.4 is 15.4 Å². The van der Waals surface area contributed by atoms with Gasteiger partial charge in [-0.25, -0.2) is 12.8 Å². The Morgan fingerprint density at radius 1 is 0.771 bits per heavy atom. The van der Waals surface area contributed by atoms with Crippen LogP contribution in [-0.2, 0) is 10.0 Å². The Kier molecular flexibility index (Phi) is 7.12. The van der Waals surface area contributed by atoms with Crippen LogP contribution in [0, 0.1) is 5.82 Å². The van der Waals surface area contributed by atoms with Gasteiger partial charge >= 0.3 is 0 Å². The predicted molar refractivity (Wildman–Crippen MR) is 137 cm³/mol. The molecule has 0 aliphatic carbocycles. The van der Waals surface area contributed by atoms with E-state index in [1.54, 1.807) is 12.1 Å². The highest BCUT2D eigenvalue weighted by Crippen LogP contribution is 2.22. The molecule has 1 amide bonds. The molecule has 0 fully saturated rings. The molecule has 35 heavy (non-hydrogen) atoms. The lowest BCUT2D eigenvalue weighted by Gasteiger charge is -2.16. The van der Waals surface area contributed by atoms with Crippen molar-refractivity contribution in [3.05, 3.63) is 120 Å². The normalized spacial score (nSPS) is 11.9. The number of hydrogen-bond donors (Lipinski definition) is 3. The number of hydrogen-bond acceptors (Lipinski definition) is 4. The van der Waals surface area contributed by atoms with E-state index in [-0.39, 0.29) is 28.1 Å². The Hall–Kier alpha value is -4.17. The maximum absolute atomic E-state index is 13.8. The van der Waals surface area contributed by atoms with Gasteiger partial charge in [-0.2, -0.15) is 0 Å². The average Bonchev–Trinajstić information content (AvgIpc) is 2.87. The van der Waals surface area contributed by atoms with E-state index in [1.165, 1.54) is 48.0 Å². The maximum atomic E-state index is 13.8. The van der Waals surface area contributed by atoms with E-state index in [0.29, 0.717) is 5.69 Å². The molecule has 178 valence electrons. The molecule has 4 aromatic rings. The third kappa shape index (κ3) is 6.04. The molecule has 0 aliphatic rings. The van der Waals surface area contributed by atoms with Crippen LogP contribution in [0.2, 0.25) is 0 Å². The Labute approximate surface area is 203 Å². The number of nitrogens with one attached hydrogen (secondary N) is 3. The van der Waals surface area contributed by atoms with Crippen LogP contribution in [0.15, 0.2) is 108 Å². The number of amides is 1. The van der Waals surface area contributed by atoms with E-state index < -0.39 is 15.8 Å². The lowest BCUT2D eigenvalue weighted by atomic mass is 10.1. The summed E-state index contributed by atoms with van der Waals surface area (Å²) < 4.78 is 41.1. The molecule has 0 aromatic heterocycles. The second-order valence-corrected chi connectivity index (χ2v) is 9.60. The lowest BCUT2D eigenvalue weighted by Crippen LogP contribution is -2.15. The third-order valence-corrected chi connectivity index (χ3v) is 6.75. The fraction of sp³-hybridized carbons (Fsp3) is 0.0741. The van der Waals surface area contributed by atoms with Crippen LogP contribution in [0.5, 0.6) is 0 Å². The molecule has 0 radical (unpaired) electrons. The zero-order chi connectivity index (χ0) is 24.8. The Morgan fingerprint density at radius 2 is 1.37 bits per heavy atom. The molecule has 6 nitrogen and oxygen atoms in total. The quantitative estimate of drug-likeness (QED) is 0.281. The summed E-state index contributed by atoms with van der Waals surface area (Å²) in [5, 5.41) is 6.21. The van der Waals surface area contributed by atoms with Gasteiger partial charge in [-0.1, -0.05) is 42.5 Å². The number of sulfonamides is 1. The molecular weight excluding hydrogens is 465 g/mol. The molecule has 0 saturated heterocycles. The van der Waals surface area contributed by atoms with Gasteiger partial charge in [0.05, 0.1) is 10.6 Å². The van der Waals surface area contributed by atoms with Crippen LogP contribution >= 0.6 is 0 Å². The first-order valence-corrected chi connectivity index (χ1v) is 12.4. The van der Waals surface area contributed by atoms with Crippen molar-refractivity contribution in [2.75, 3.05) is 15.4 Å². The van der Waals surface area contributed by atoms with E-state index in [2.05, 4.69) is 34.4 Å². The molecule has 3 N–H and O–H groups in total. The van der Waals surface area contributed by atoms with Gasteiger partial charge in [0.2, 0.25) is 0 Å². The Balaban J connectivity index is 1.38. The van der Waals surface area contributed by atoms with Gasteiger partial charge in [-0.15, -0.1) is 0 Å². The van der Waals surface area contributed by atoms with Crippen molar-refractivity contribution in [3.8, 4) is 0 Å². The van der Waals surface area contributed by atoms with Crippen LogP contribution in [0.4, 0.5) is 21.5 Å². The number of rotatable bonds is 8. The highest BCUT2D eigenvalue weighted by atomic mass is 32.2. The standard InChI is InChI=1S/C27H24FN3O3S/c1-19(20-7-3-2-4-8-20)29-22-13-15-23(16-14-22)30-27(32)21-11-17-24(18-12-21)35(33,34)31-26-10-6-5-9-25(26)28/h2-19,29,31H,1H3,(H,30,32). The summed E-state index contributed by atoms with van der Waals surface area (Å²) >= 11 is 0. The summed E-state index contributed by atoms with van der Waals surface area (Å²) in [6.07, 6.45) is 0. The number of carbonyl (C=O) groups is 1. The van der Waals surface area contributed by atoms with E-state index >= 15 is 0 Å². The summed E-state index contributed by atoms with van der Waals surface area (Å²) in [4.78, 5) is 12.5. The Morgan fingerprint density at radius 3 is 2.03 bits per heavy atom. The number of halogens is 1. The highest BCUT2D eigenvalue weighted by Gasteiger charge is 2.17. The second-order valence-electron chi connectivity index (χ2n) is 7.92. The average molecular weight is 490 g/mol. The molecule has 8 heteroatoms. The van der Waals surface area contributed by atoms with Gasteiger partial charge in [-0.05, 0) is 73.2 Å². The minimum Gasteiger partial charge on any atom is -0.379 e. The minimum atomic E-state index is -4.00. The third-order valence-electron chi connectivity index (χ3n) is 5.37. The van der Waals surface area contributed by atoms with Gasteiger partial charge in [-0.3, -0.25) is 9.52 Å². The molecular formula is C27H24FN3O3S. The van der Waals surface area contributed by atoms with Crippen molar-refractivity contribution < 1.29 is 17.6 Å². The monoisotopic (exact) mass is 489 g/mol. The fourth-order valence-electron chi connectivity index (χ4n) is 3.46. The van der Waals surface area contributed by atoms with Gasteiger partial charge in [0, 0.05) is 23.0 Å². The van der Waals surface area contributed by atoms with Crippen molar-refractivity contribution in [1.29, 1.82) is 0 Å². The summed E-state index contributed by atoms with van der Waals surface area (Å²) in [5.41, 5.74) is 2.82. The summed E-state index contributed by atoms with van der Waals surface area (Å²) in [5.74, 6) is -1.06. The second kappa shape index (κ2) is 10.4. The van der Waals surface area contributed by atoms with Crippen molar-refractivity contribution >= 4 is 33.0 Å². The largest absolute Gasteiger partial charge is 0.379 e. The molecule has 0 heterocycles. The van der Waals surface area contributed by atoms with Gasteiger partial charge in [0.25, 0.3) is 15.9 Å². The minimum absolute atomic E-state index is 0.0831. The van der Waals surface area contributed by atoms with Crippen molar-refractivity contribution in [2.24, 2.45) is 0 Å². The van der Waals surface area contributed by atoms with Crippen molar-refractivity contribution in [3.63, 3.8) is 0 Å². The molecule has 0 saturated carbocycles. The molecule has 0 aliphatic heterocycles.